The normalized spacial score (nSPS) is 11.7. The number of para-hydroxylation sites is 1. The summed E-state index contributed by atoms with van der Waals surface area (Å²) in [7, 11) is 0. The molecular formula is C18H20ClN5O. The van der Waals surface area contributed by atoms with Crippen LogP contribution >= 0.6 is 11.6 Å². The molecule has 0 spiro atoms. The van der Waals surface area contributed by atoms with Gasteiger partial charge in [0, 0.05) is 6.54 Å². The van der Waals surface area contributed by atoms with E-state index >= 15 is 0 Å². The van der Waals surface area contributed by atoms with Gasteiger partial charge < -0.3 is 0 Å². The number of aromatic nitrogens is 4. The van der Waals surface area contributed by atoms with Crippen LogP contribution in [-0.2, 0) is 6.54 Å². The number of benzene rings is 1. The number of aryl methyl sites for hydroxylation is 3. The average Bonchev–Trinajstić information content (AvgIpc) is 2.87. The van der Waals surface area contributed by atoms with E-state index in [0.29, 0.717) is 21.9 Å². The topological polar surface area (TPSA) is 65.1 Å². The number of hydrogen-bond acceptors (Lipinski definition) is 4. The van der Waals surface area contributed by atoms with Crippen molar-refractivity contribution in [2.45, 2.75) is 40.2 Å². The van der Waals surface area contributed by atoms with Crippen molar-refractivity contribution in [2.24, 2.45) is 5.10 Å². The average molecular weight is 358 g/mol. The molecule has 0 fully saturated rings. The van der Waals surface area contributed by atoms with E-state index in [1.807, 2.05) is 25.1 Å². The van der Waals surface area contributed by atoms with Crippen LogP contribution in [0.4, 0.5) is 0 Å². The van der Waals surface area contributed by atoms with Gasteiger partial charge in [0.2, 0.25) is 0 Å². The molecule has 1 aromatic carbocycles. The summed E-state index contributed by atoms with van der Waals surface area (Å²) in [5, 5.41) is 9.84. The van der Waals surface area contributed by atoms with Gasteiger partial charge in [0.25, 0.3) is 5.56 Å². The highest BCUT2D eigenvalue weighted by molar-refractivity contribution is 6.32. The fraction of sp³-hybridized carbons (Fsp3) is 0.333. The second-order valence-corrected chi connectivity index (χ2v) is 6.26. The van der Waals surface area contributed by atoms with Gasteiger partial charge in [0.15, 0.2) is 0 Å². The van der Waals surface area contributed by atoms with E-state index in [4.69, 9.17) is 11.6 Å². The van der Waals surface area contributed by atoms with Crippen molar-refractivity contribution < 1.29 is 0 Å². The minimum Gasteiger partial charge on any atom is -0.267 e. The third-order valence-electron chi connectivity index (χ3n) is 4.05. The summed E-state index contributed by atoms with van der Waals surface area (Å²) < 4.78 is 3.07. The molecule has 3 aromatic rings. The molecule has 0 aliphatic rings. The van der Waals surface area contributed by atoms with Gasteiger partial charge in [-0.1, -0.05) is 37.1 Å². The van der Waals surface area contributed by atoms with Crippen LogP contribution in [-0.4, -0.2) is 25.7 Å². The fourth-order valence-corrected chi connectivity index (χ4v) is 2.96. The van der Waals surface area contributed by atoms with Gasteiger partial charge >= 0.3 is 0 Å². The molecule has 0 atom stereocenters. The Kier molecular flexibility index (Phi) is 4.99. The van der Waals surface area contributed by atoms with Crippen LogP contribution in [0.25, 0.3) is 10.9 Å². The number of hydrogen-bond donors (Lipinski definition) is 0. The van der Waals surface area contributed by atoms with E-state index in [1.165, 1.54) is 4.68 Å². The van der Waals surface area contributed by atoms with Crippen LogP contribution in [0.2, 0.25) is 5.15 Å². The summed E-state index contributed by atoms with van der Waals surface area (Å²) in [5.74, 6) is 0.520. The summed E-state index contributed by atoms with van der Waals surface area (Å²) in [6.45, 7) is 6.52. The molecule has 0 amide bonds. The first kappa shape index (κ1) is 17.4. The Morgan fingerprint density at radius 2 is 2.04 bits per heavy atom. The number of halogens is 1. The van der Waals surface area contributed by atoms with Gasteiger partial charge in [-0.2, -0.15) is 14.9 Å². The molecule has 6 nitrogen and oxygen atoms in total. The van der Waals surface area contributed by atoms with Crippen molar-refractivity contribution in [2.75, 3.05) is 0 Å². The second-order valence-electron chi connectivity index (χ2n) is 5.90. The van der Waals surface area contributed by atoms with Gasteiger partial charge in [-0.05, 0) is 32.4 Å². The van der Waals surface area contributed by atoms with E-state index in [2.05, 4.69) is 22.1 Å². The minimum atomic E-state index is -0.202. The van der Waals surface area contributed by atoms with Gasteiger partial charge in [-0.25, -0.2) is 4.98 Å². The quantitative estimate of drug-likeness (QED) is 0.656. The zero-order valence-electron chi connectivity index (χ0n) is 14.5. The standard InChI is InChI=1S/C18H20ClN5O/c1-4-5-10-23-17(19)15(12(2)22-23)11-20-24-13(3)21-16-9-7-6-8-14(16)18(24)25/h6-9,11H,4-5,10H2,1-3H3. The van der Waals surface area contributed by atoms with Crippen LogP contribution in [0.1, 0.15) is 36.8 Å². The third-order valence-corrected chi connectivity index (χ3v) is 4.45. The van der Waals surface area contributed by atoms with E-state index in [1.54, 1.807) is 23.9 Å². The number of unbranched alkanes of at least 4 members (excludes halogenated alkanes) is 1. The predicted molar refractivity (Wildman–Crippen MR) is 101 cm³/mol. The van der Waals surface area contributed by atoms with Gasteiger partial charge in [-0.15, -0.1) is 0 Å². The van der Waals surface area contributed by atoms with E-state index < -0.39 is 0 Å². The summed E-state index contributed by atoms with van der Waals surface area (Å²) >= 11 is 6.41. The van der Waals surface area contributed by atoms with E-state index in [-0.39, 0.29) is 5.56 Å². The Labute approximate surface area is 150 Å². The summed E-state index contributed by atoms with van der Waals surface area (Å²) in [6.07, 6.45) is 3.65. The summed E-state index contributed by atoms with van der Waals surface area (Å²) in [4.78, 5) is 17.1. The summed E-state index contributed by atoms with van der Waals surface area (Å²) in [5.41, 5.74) is 1.96. The smallest absolute Gasteiger partial charge is 0.267 e. The zero-order valence-corrected chi connectivity index (χ0v) is 15.3. The highest BCUT2D eigenvalue weighted by Crippen LogP contribution is 2.18. The maximum atomic E-state index is 12.6. The molecule has 2 aromatic heterocycles. The molecule has 25 heavy (non-hydrogen) atoms. The monoisotopic (exact) mass is 357 g/mol. The first-order chi connectivity index (χ1) is 12.0. The predicted octanol–water partition coefficient (Wildman–Crippen LogP) is 3.55. The van der Waals surface area contributed by atoms with Crippen LogP contribution in [0.5, 0.6) is 0 Å². The molecule has 0 bridgehead atoms. The lowest BCUT2D eigenvalue weighted by molar-refractivity contribution is 0.569. The molecule has 0 saturated carbocycles. The van der Waals surface area contributed by atoms with Crippen molar-refractivity contribution in [1.82, 2.24) is 19.4 Å². The maximum absolute atomic E-state index is 12.6. The Morgan fingerprint density at radius 3 is 2.80 bits per heavy atom. The van der Waals surface area contributed by atoms with Crippen LogP contribution in [0.3, 0.4) is 0 Å². The molecule has 0 aliphatic heterocycles. The largest absolute Gasteiger partial charge is 0.282 e. The maximum Gasteiger partial charge on any atom is 0.282 e. The molecular weight excluding hydrogens is 338 g/mol. The first-order valence-corrected chi connectivity index (χ1v) is 8.66. The van der Waals surface area contributed by atoms with Gasteiger partial charge in [0.05, 0.1) is 28.4 Å². The number of fused-ring (bicyclic) bond motifs is 1. The van der Waals surface area contributed by atoms with E-state index in [0.717, 1.165) is 30.6 Å². The number of rotatable bonds is 5. The molecule has 0 unspecified atom stereocenters. The van der Waals surface area contributed by atoms with Gasteiger partial charge in [0.1, 0.15) is 11.0 Å². The Bertz CT molecular complexity index is 1000. The second kappa shape index (κ2) is 7.19. The highest BCUT2D eigenvalue weighted by atomic mass is 35.5. The molecule has 0 radical (unpaired) electrons. The van der Waals surface area contributed by atoms with Crippen LogP contribution in [0, 0.1) is 13.8 Å². The Morgan fingerprint density at radius 1 is 1.28 bits per heavy atom. The van der Waals surface area contributed by atoms with Crippen molar-refractivity contribution >= 4 is 28.7 Å². The minimum absolute atomic E-state index is 0.202. The SMILES string of the molecule is CCCCn1nc(C)c(C=Nn2c(C)nc3ccccc3c2=O)c1Cl. The molecule has 3 rings (SSSR count). The first-order valence-electron chi connectivity index (χ1n) is 8.28. The molecule has 2 heterocycles. The lowest BCUT2D eigenvalue weighted by atomic mass is 10.2. The van der Waals surface area contributed by atoms with Crippen molar-refractivity contribution in [3.05, 3.63) is 56.9 Å². The molecule has 130 valence electrons. The van der Waals surface area contributed by atoms with E-state index in [9.17, 15) is 4.79 Å². The number of nitrogens with zero attached hydrogens (tertiary/aromatic N) is 5. The lowest BCUT2D eigenvalue weighted by Gasteiger charge is -2.05. The summed E-state index contributed by atoms with van der Waals surface area (Å²) in [6, 6.07) is 7.23. The third kappa shape index (κ3) is 3.35. The lowest BCUT2D eigenvalue weighted by Crippen LogP contribution is -2.20. The Hall–Kier alpha value is -2.47. The van der Waals surface area contributed by atoms with Gasteiger partial charge in [-0.3, -0.25) is 9.48 Å². The molecule has 7 heteroatoms. The zero-order chi connectivity index (χ0) is 18.0. The highest BCUT2D eigenvalue weighted by Gasteiger charge is 2.12. The Balaban J connectivity index is 2.02. The van der Waals surface area contributed by atoms with Crippen molar-refractivity contribution in [1.29, 1.82) is 0 Å². The fourth-order valence-electron chi connectivity index (χ4n) is 2.66. The van der Waals surface area contributed by atoms with Crippen LogP contribution in [0.15, 0.2) is 34.2 Å². The van der Waals surface area contributed by atoms with Crippen molar-refractivity contribution in [3.63, 3.8) is 0 Å². The molecule has 0 N–H and O–H groups in total. The van der Waals surface area contributed by atoms with Crippen LogP contribution < -0.4 is 5.56 Å². The van der Waals surface area contributed by atoms with Crippen molar-refractivity contribution in [3.8, 4) is 0 Å². The molecule has 0 aliphatic carbocycles. The molecule has 0 saturated heterocycles.